The van der Waals surface area contributed by atoms with Crippen molar-refractivity contribution in [3.05, 3.63) is 82.9 Å². The van der Waals surface area contributed by atoms with Gasteiger partial charge in [-0.05, 0) is 35.4 Å². The highest BCUT2D eigenvalue weighted by Crippen LogP contribution is 2.30. The van der Waals surface area contributed by atoms with Crippen LogP contribution in [0.15, 0.2) is 59.9 Å². The molecule has 0 bridgehead atoms. The van der Waals surface area contributed by atoms with Crippen LogP contribution in [0.5, 0.6) is 0 Å². The number of alkyl halides is 3. The molecule has 27 heavy (non-hydrogen) atoms. The lowest BCUT2D eigenvalue weighted by Gasteiger charge is -2.09. The Labute approximate surface area is 157 Å². The summed E-state index contributed by atoms with van der Waals surface area (Å²) >= 11 is 1.36. The fourth-order valence-corrected chi connectivity index (χ4v) is 3.43. The second-order valence-corrected chi connectivity index (χ2v) is 6.85. The molecule has 0 saturated heterocycles. The van der Waals surface area contributed by atoms with Gasteiger partial charge in [-0.15, -0.1) is 0 Å². The fraction of sp³-hybridized carbons (Fsp3) is 0.211. The number of aliphatic hydroxyl groups excluding tert-OH is 1. The minimum Gasteiger partial charge on any atom is -0.390 e. The van der Waals surface area contributed by atoms with Crippen LogP contribution in [0.4, 0.5) is 17.6 Å². The van der Waals surface area contributed by atoms with Gasteiger partial charge in [0.15, 0.2) is 5.16 Å². The van der Waals surface area contributed by atoms with Gasteiger partial charge in [0.25, 0.3) is 0 Å². The molecule has 0 spiro atoms. The third-order valence-electron chi connectivity index (χ3n) is 3.87. The average Bonchev–Trinajstić information content (AvgIpc) is 3.03. The maximum Gasteiger partial charge on any atom is 0.416 e. The molecule has 1 N–H and O–H groups in total. The Balaban J connectivity index is 1.72. The highest BCUT2D eigenvalue weighted by Gasteiger charge is 2.29. The Kier molecular flexibility index (Phi) is 5.86. The van der Waals surface area contributed by atoms with Crippen molar-refractivity contribution in [1.82, 2.24) is 9.55 Å². The molecule has 0 radical (unpaired) electrons. The molecule has 1 aromatic heterocycles. The van der Waals surface area contributed by atoms with Crippen LogP contribution in [0.25, 0.3) is 0 Å². The first-order valence-electron chi connectivity index (χ1n) is 8.05. The molecule has 2 aromatic carbocycles. The lowest BCUT2D eigenvalue weighted by Crippen LogP contribution is -2.04. The van der Waals surface area contributed by atoms with E-state index in [9.17, 15) is 22.7 Å². The smallest absolute Gasteiger partial charge is 0.390 e. The lowest BCUT2D eigenvalue weighted by molar-refractivity contribution is -0.137. The van der Waals surface area contributed by atoms with Crippen LogP contribution in [0.2, 0.25) is 0 Å². The van der Waals surface area contributed by atoms with Crippen molar-refractivity contribution < 1.29 is 22.7 Å². The highest BCUT2D eigenvalue weighted by atomic mass is 32.2. The van der Waals surface area contributed by atoms with E-state index in [4.69, 9.17) is 0 Å². The SMILES string of the molecule is OCc1cn(Cc2ccc(F)cc2)c(SCc2ccc(C(F)(F)F)cc2)n1. The van der Waals surface area contributed by atoms with Gasteiger partial charge >= 0.3 is 6.18 Å². The van der Waals surface area contributed by atoms with Gasteiger partial charge in [0.2, 0.25) is 0 Å². The highest BCUT2D eigenvalue weighted by molar-refractivity contribution is 7.98. The molecular formula is C19H16F4N2OS. The van der Waals surface area contributed by atoms with Crippen LogP contribution in [-0.4, -0.2) is 14.7 Å². The third-order valence-corrected chi connectivity index (χ3v) is 4.93. The summed E-state index contributed by atoms with van der Waals surface area (Å²) in [6, 6.07) is 11.1. The van der Waals surface area contributed by atoms with Crippen LogP contribution < -0.4 is 0 Å². The summed E-state index contributed by atoms with van der Waals surface area (Å²) in [4.78, 5) is 4.34. The molecule has 3 nitrogen and oxygen atoms in total. The van der Waals surface area contributed by atoms with Crippen molar-refractivity contribution in [2.75, 3.05) is 0 Å². The maximum atomic E-state index is 13.0. The summed E-state index contributed by atoms with van der Waals surface area (Å²) in [5, 5.41) is 9.96. The first-order chi connectivity index (χ1) is 12.8. The van der Waals surface area contributed by atoms with E-state index in [1.807, 2.05) is 4.57 Å². The monoisotopic (exact) mass is 396 g/mol. The number of halogens is 4. The van der Waals surface area contributed by atoms with Gasteiger partial charge < -0.3 is 9.67 Å². The predicted molar refractivity (Wildman–Crippen MR) is 94.7 cm³/mol. The fourth-order valence-electron chi connectivity index (χ4n) is 2.48. The van der Waals surface area contributed by atoms with E-state index in [2.05, 4.69) is 4.98 Å². The second-order valence-electron chi connectivity index (χ2n) is 5.91. The van der Waals surface area contributed by atoms with Crippen molar-refractivity contribution in [1.29, 1.82) is 0 Å². The van der Waals surface area contributed by atoms with E-state index in [1.165, 1.54) is 36.0 Å². The number of aliphatic hydroxyl groups is 1. The van der Waals surface area contributed by atoms with Crippen molar-refractivity contribution in [2.24, 2.45) is 0 Å². The first-order valence-corrected chi connectivity index (χ1v) is 9.04. The number of benzene rings is 2. The van der Waals surface area contributed by atoms with Gasteiger partial charge in [-0.1, -0.05) is 36.0 Å². The molecule has 0 saturated carbocycles. The molecule has 0 atom stereocenters. The van der Waals surface area contributed by atoms with Crippen LogP contribution >= 0.6 is 11.8 Å². The van der Waals surface area contributed by atoms with Gasteiger partial charge in [-0.2, -0.15) is 13.2 Å². The van der Waals surface area contributed by atoms with E-state index in [0.29, 0.717) is 23.1 Å². The van der Waals surface area contributed by atoms with E-state index in [-0.39, 0.29) is 12.4 Å². The Morgan fingerprint density at radius 3 is 2.19 bits per heavy atom. The summed E-state index contributed by atoms with van der Waals surface area (Å²) in [5.74, 6) is 0.112. The van der Waals surface area contributed by atoms with Crippen molar-refractivity contribution in [2.45, 2.75) is 30.2 Å². The zero-order valence-corrected chi connectivity index (χ0v) is 14.9. The van der Waals surface area contributed by atoms with Gasteiger partial charge in [-0.25, -0.2) is 9.37 Å². The van der Waals surface area contributed by atoms with Crippen molar-refractivity contribution in [3.8, 4) is 0 Å². The molecule has 3 rings (SSSR count). The number of nitrogens with zero attached hydrogens (tertiary/aromatic N) is 2. The number of imidazole rings is 1. The maximum absolute atomic E-state index is 13.0. The standard InChI is InChI=1S/C19H16F4N2OS/c20-16-7-3-13(4-8-16)9-25-10-17(11-26)24-18(25)27-12-14-1-5-15(6-2-14)19(21,22)23/h1-8,10,26H,9,11-12H2. The van der Waals surface area contributed by atoms with Crippen LogP contribution in [0.1, 0.15) is 22.4 Å². The Morgan fingerprint density at radius 2 is 1.59 bits per heavy atom. The molecule has 0 unspecified atom stereocenters. The number of hydrogen-bond acceptors (Lipinski definition) is 3. The Morgan fingerprint density at radius 1 is 0.963 bits per heavy atom. The van der Waals surface area contributed by atoms with E-state index >= 15 is 0 Å². The van der Waals surface area contributed by atoms with Crippen molar-refractivity contribution >= 4 is 11.8 Å². The number of hydrogen-bond donors (Lipinski definition) is 1. The molecule has 0 aliphatic heterocycles. The first kappa shape index (κ1) is 19.4. The number of aromatic nitrogens is 2. The van der Waals surface area contributed by atoms with Crippen LogP contribution in [-0.2, 0) is 25.1 Å². The number of thioether (sulfide) groups is 1. The summed E-state index contributed by atoms with van der Waals surface area (Å²) in [6.45, 7) is 0.229. The Bertz CT molecular complexity index is 890. The molecule has 8 heteroatoms. The quantitative estimate of drug-likeness (QED) is 0.477. The topological polar surface area (TPSA) is 38.0 Å². The predicted octanol–water partition coefficient (Wildman–Crippen LogP) is 4.87. The minimum atomic E-state index is -4.35. The summed E-state index contributed by atoms with van der Waals surface area (Å²) in [6.07, 6.45) is -2.65. The molecule has 1 heterocycles. The average molecular weight is 396 g/mol. The number of rotatable bonds is 6. The molecule has 0 aliphatic rings. The molecule has 3 aromatic rings. The third kappa shape index (κ3) is 5.11. The van der Waals surface area contributed by atoms with Gasteiger partial charge in [0, 0.05) is 18.5 Å². The van der Waals surface area contributed by atoms with Crippen molar-refractivity contribution in [3.63, 3.8) is 0 Å². The molecule has 0 amide bonds. The lowest BCUT2D eigenvalue weighted by atomic mass is 10.1. The Hall–Kier alpha value is -2.32. The van der Waals surface area contributed by atoms with E-state index in [0.717, 1.165) is 23.3 Å². The van der Waals surface area contributed by atoms with Gasteiger partial charge in [-0.3, -0.25) is 0 Å². The molecular weight excluding hydrogens is 380 g/mol. The summed E-state index contributed by atoms with van der Waals surface area (Å²) in [5.41, 5.74) is 1.41. The zero-order valence-electron chi connectivity index (χ0n) is 14.1. The van der Waals surface area contributed by atoms with E-state index in [1.54, 1.807) is 18.3 Å². The molecule has 0 aliphatic carbocycles. The van der Waals surface area contributed by atoms with Gasteiger partial charge in [0.05, 0.1) is 17.9 Å². The zero-order chi connectivity index (χ0) is 19.4. The van der Waals surface area contributed by atoms with Crippen LogP contribution in [0, 0.1) is 5.82 Å². The molecule has 0 fully saturated rings. The summed E-state index contributed by atoms with van der Waals surface area (Å²) in [7, 11) is 0. The minimum absolute atomic E-state index is 0.218. The summed E-state index contributed by atoms with van der Waals surface area (Å²) < 4.78 is 52.8. The molecule has 142 valence electrons. The largest absolute Gasteiger partial charge is 0.416 e. The second kappa shape index (κ2) is 8.14. The van der Waals surface area contributed by atoms with Crippen LogP contribution in [0.3, 0.4) is 0 Å². The van der Waals surface area contributed by atoms with Gasteiger partial charge in [0.1, 0.15) is 5.82 Å². The normalized spacial score (nSPS) is 11.7. The van der Waals surface area contributed by atoms with E-state index < -0.39 is 11.7 Å².